The van der Waals surface area contributed by atoms with Gasteiger partial charge in [0.05, 0.1) is 37.5 Å². The Labute approximate surface area is 281 Å². The molecule has 10 nitrogen and oxygen atoms in total. The van der Waals surface area contributed by atoms with E-state index in [9.17, 15) is 14.7 Å². The monoisotopic (exact) mass is 652 g/mol. The van der Waals surface area contributed by atoms with Crippen LogP contribution in [-0.4, -0.2) is 91.6 Å². The maximum Gasteiger partial charge on any atom is 0.319 e. The molecule has 4 rings (SSSR count). The largest absolute Gasteiger partial charge is 0.497 e. The molecule has 0 bridgehead atoms. The first-order chi connectivity index (χ1) is 22.7. The molecule has 260 valence electrons. The highest BCUT2D eigenvalue weighted by Crippen LogP contribution is 2.29. The molecular formula is C37H56N4O6. The number of carbonyl (C=O) groups is 2. The molecule has 2 aromatic rings. The number of urea groups is 1. The van der Waals surface area contributed by atoms with Crippen molar-refractivity contribution in [3.8, 4) is 11.5 Å². The molecule has 0 aromatic heterocycles. The number of nitrogens with one attached hydrogen (secondary N) is 2. The van der Waals surface area contributed by atoms with Crippen molar-refractivity contribution in [2.45, 2.75) is 103 Å². The van der Waals surface area contributed by atoms with Gasteiger partial charge in [-0.05, 0) is 88.9 Å². The number of amides is 3. The van der Waals surface area contributed by atoms with Gasteiger partial charge in [0, 0.05) is 43.9 Å². The average Bonchev–Trinajstić information content (AvgIpc) is 3.06. The van der Waals surface area contributed by atoms with Crippen molar-refractivity contribution in [2.75, 3.05) is 45.8 Å². The number of methoxy groups -OCH3 is 1. The zero-order valence-electron chi connectivity index (χ0n) is 29.0. The van der Waals surface area contributed by atoms with Crippen LogP contribution in [0.15, 0.2) is 42.5 Å². The number of likely N-dealkylation sites (N-methyl/N-ethyl adjacent to an activating group) is 1. The maximum absolute atomic E-state index is 14.4. The summed E-state index contributed by atoms with van der Waals surface area (Å²) in [6, 6.07) is 12.8. The summed E-state index contributed by atoms with van der Waals surface area (Å²) in [7, 11) is 3.75. The predicted molar refractivity (Wildman–Crippen MR) is 185 cm³/mol. The molecule has 0 radical (unpaired) electrons. The van der Waals surface area contributed by atoms with Gasteiger partial charge >= 0.3 is 6.03 Å². The lowest BCUT2D eigenvalue weighted by Gasteiger charge is -2.36. The Kier molecular flexibility index (Phi) is 14.2. The number of aliphatic hydroxyl groups excluding tert-OH is 1. The van der Waals surface area contributed by atoms with Crippen LogP contribution in [0.4, 0.5) is 10.5 Å². The van der Waals surface area contributed by atoms with Crippen LogP contribution in [0, 0.1) is 5.92 Å². The number of ether oxygens (including phenoxy) is 3. The summed E-state index contributed by atoms with van der Waals surface area (Å²) in [6.07, 6.45) is 7.81. The van der Waals surface area contributed by atoms with Crippen LogP contribution in [0.1, 0.15) is 88.1 Å². The molecule has 1 aliphatic carbocycles. The van der Waals surface area contributed by atoms with Crippen molar-refractivity contribution in [3.05, 3.63) is 53.6 Å². The van der Waals surface area contributed by atoms with Gasteiger partial charge in [-0.15, -0.1) is 0 Å². The Morgan fingerprint density at radius 3 is 2.49 bits per heavy atom. The summed E-state index contributed by atoms with van der Waals surface area (Å²) in [5, 5.41) is 16.3. The molecule has 1 aliphatic heterocycles. The molecule has 1 heterocycles. The van der Waals surface area contributed by atoms with Crippen molar-refractivity contribution in [1.82, 2.24) is 15.1 Å². The number of fused-ring (bicyclic) bond motifs is 1. The molecule has 2 aromatic carbocycles. The lowest BCUT2D eigenvalue weighted by atomic mass is 9.96. The van der Waals surface area contributed by atoms with Gasteiger partial charge in [0.25, 0.3) is 5.91 Å². The second-order valence-corrected chi connectivity index (χ2v) is 13.5. The van der Waals surface area contributed by atoms with Gasteiger partial charge in [-0.25, -0.2) is 4.79 Å². The topological polar surface area (TPSA) is 113 Å². The fraction of sp³-hybridized carbons (Fsp3) is 0.622. The van der Waals surface area contributed by atoms with Crippen molar-refractivity contribution in [3.63, 3.8) is 0 Å². The highest BCUT2D eigenvalue weighted by atomic mass is 16.5. The SMILES string of the molecule is COc1ccc(CN(C)C[C@@H]2OCCCC[C@@H](C)Oc3ccc(NC(=O)NC4CCCCC4)cc3C(=O)N([C@@H](C)CO)C[C@@H]2C)cc1. The molecule has 10 heteroatoms. The van der Waals surface area contributed by atoms with Crippen molar-refractivity contribution in [1.29, 1.82) is 0 Å². The summed E-state index contributed by atoms with van der Waals surface area (Å²) < 4.78 is 18.2. The van der Waals surface area contributed by atoms with Crippen molar-refractivity contribution >= 4 is 17.6 Å². The van der Waals surface area contributed by atoms with Crippen molar-refractivity contribution in [2.24, 2.45) is 5.92 Å². The van der Waals surface area contributed by atoms with Crippen LogP contribution in [0.2, 0.25) is 0 Å². The molecule has 3 amide bonds. The first kappa shape index (κ1) is 36.5. The standard InChI is InChI=1S/C37H56N4O6/c1-26-22-41(27(2)25-42)36(43)33-21-31(39-37(44)38-30-12-7-6-8-13-30)16-19-34(33)47-28(3)11-9-10-20-46-35(26)24-40(4)23-29-14-17-32(45-5)18-15-29/h14-19,21,26-28,30,35,42H,6-13,20,22-25H2,1-5H3,(H2,38,39,44)/t26-,27-,28+,35-/m0/s1. The maximum atomic E-state index is 14.4. The molecule has 0 spiro atoms. The lowest BCUT2D eigenvalue weighted by Crippen LogP contribution is -2.47. The number of carbonyl (C=O) groups excluding carboxylic acids is 2. The smallest absolute Gasteiger partial charge is 0.319 e. The molecule has 1 saturated carbocycles. The summed E-state index contributed by atoms with van der Waals surface area (Å²) >= 11 is 0. The van der Waals surface area contributed by atoms with E-state index in [0.29, 0.717) is 36.7 Å². The number of aliphatic hydroxyl groups is 1. The molecule has 3 N–H and O–H groups in total. The number of nitrogens with zero attached hydrogens (tertiary/aromatic N) is 2. The summed E-state index contributed by atoms with van der Waals surface area (Å²) in [4.78, 5) is 31.2. The Hall–Kier alpha value is -3.34. The fourth-order valence-electron chi connectivity index (χ4n) is 6.48. The highest BCUT2D eigenvalue weighted by Gasteiger charge is 2.30. The number of anilines is 1. The van der Waals surface area contributed by atoms with E-state index in [1.54, 1.807) is 30.2 Å². The quantitative estimate of drug-likeness (QED) is 0.301. The Balaban J connectivity index is 1.55. The van der Waals surface area contributed by atoms with Crippen LogP contribution in [0.5, 0.6) is 11.5 Å². The van der Waals surface area contributed by atoms with E-state index in [1.807, 2.05) is 26.0 Å². The van der Waals surface area contributed by atoms with E-state index in [0.717, 1.165) is 57.2 Å². The third kappa shape index (κ3) is 11.1. The van der Waals surface area contributed by atoms with E-state index in [2.05, 4.69) is 41.6 Å². The van der Waals surface area contributed by atoms with Crippen molar-refractivity contribution < 1.29 is 28.9 Å². The molecular weight excluding hydrogens is 596 g/mol. The van der Waals surface area contributed by atoms with Gasteiger partial charge in [0.2, 0.25) is 0 Å². The lowest BCUT2D eigenvalue weighted by molar-refractivity contribution is -0.0177. The van der Waals surface area contributed by atoms with Gasteiger partial charge in [0.1, 0.15) is 11.5 Å². The van der Waals surface area contributed by atoms with Crippen LogP contribution in [-0.2, 0) is 11.3 Å². The van der Waals surface area contributed by atoms with Crippen LogP contribution in [0.3, 0.4) is 0 Å². The summed E-state index contributed by atoms with van der Waals surface area (Å²) in [5.41, 5.74) is 2.06. The van der Waals surface area contributed by atoms with Crippen LogP contribution >= 0.6 is 0 Å². The number of rotatable bonds is 9. The second kappa shape index (κ2) is 18.3. The summed E-state index contributed by atoms with van der Waals surface area (Å²) in [6.45, 7) is 8.22. The van der Waals surface area contributed by atoms with Gasteiger partial charge in [0.15, 0.2) is 0 Å². The van der Waals surface area contributed by atoms with E-state index < -0.39 is 6.04 Å². The normalized spacial score (nSPS) is 22.5. The number of hydrogen-bond donors (Lipinski definition) is 3. The Morgan fingerprint density at radius 2 is 1.79 bits per heavy atom. The number of hydrogen-bond acceptors (Lipinski definition) is 7. The third-order valence-electron chi connectivity index (χ3n) is 9.35. The van der Waals surface area contributed by atoms with E-state index in [1.165, 1.54) is 12.0 Å². The van der Waals surface area contributed by atoms with E-state index >= 15 is 0 Å². The third-order valence-corrected chi connectivity index (χ3v) is 9.35. The van der Waals surface area contributed by atoms with E-state index in [4.69, 9.17) is 14.2 Å². The summed E-state index contributed by atoms with van der Waals surface area (Å²) in [5.74, 6) is 1.03. The van der Waals surface area contributed by atoms with Gasteiger partial charge in [-0.1, -0.05) is 38.3 Å². The van der Waals surface area contributed by atoms with Gasteiger partial charge in [-0.2, -0.15) is 0 Å². The second-order valence-electron chi connectivity index (χ2n) is 13.5. The predicted octanol–water partition coefficient (Wildman–Crippen LogP) is 6.08. The molecule has 47 heavy (non-hydrogen) atoms. The minimum atomic E-state index is -0.438. The molecule has 0 saturated heterocycles. The molecule has 4 atom stereocenters. The zero-order valence-corrected chi connectivity index (χ0v) is 29.0. The van der Waals surface area contributed by atoms with Crippen LogP contribution < -0.4 is 20.1 Å². The minimum Gasteiger partial charge on any atom is -0.497 e. The Morgan fingerprint density at radius 1 is 1.06 bits per heavy atom. The first-order valence-corrected chi connectivity index (χ1v) is 17.4. The van der Waals surface area contributed by atoms with Crippen LogP contribution in [0.25, 0.3) is 0 Å². The zero-order chi connectivity index (χ0) is 33.8. The first-order valence-electron chi connectivity index (χ1n) is 17.4. The Bertz CT molecular complexity index is 1270. The fourth-order valence-corrected chi connectivity index (χ4v) is 6.48. The highest BCUT2D eigenvalue weighted by molar-refractivity contribution is 5.99. The molecule has 2 aliphatic rings. The van der Waals surface area contributed by atoms with E-state index in [-0.39, 0.29) is 42.7 Å². The van der Waals surface area contributed by atoms with Gasteiger partial charge in [-0.3, -0.25) is 9.69 Å². The number of benzene rings is 2. The minimum absolute atomic E-state index is 0.0277. The average molecular weight is 653 g/mol. The molecule has 1 fully saturated rings. The molecule has 0 unspecified atom stereocenters. The van der Waals surface area contributed by atoms with Gasteiger partial charge < -0.3 is 34.9 Å².